The summed E-state index contributed by atoms with van der Waals surface area (Å²) in [4.78, 5) is 25.2. The number of aryl methyl sites for hydroxylation is 1. The lowest BCUT2D eigenvalue weighted by molar-refractivity contribution is -0.118. The van der Waals surface area contributed by atoms with Crippen molar-refractivity contribution in [3.8, 4) is 0 Å². The molecule has 0 saturated carbocycles. The van der Waals surface area contributed by atoms with Crippen molar-refractivity contribution in [1.29, 1.82) is 0 Å². The highest BCUT2D eigenvalue weighted by atomic mass is 79.9. The SMILES string of the molecule is Cc1cccc(C(=O)NC(C(=O)Nc2cc(Br)ccc2Br)C(C)C)c1. The van der Waals surface area contributed by atoms with Crippen LogP contribution in [-0.2, 0) is 4.79 Å². The number of amides is 2. The first kappa shape index (κ1) is 19.7. The topological polar surface area (TPSA) is 58.2 Å². The summed E-state index contributed by atoms with van der Waals surface area (Å²) in [6.07, 6.45) is 0. The van der Waals surface area contributed by atoms with Crippen molar-refractivity contribution in [2.75, 3.05) is 5.32 Å². The molecule has 2 aromatic carbocycles. The molecule has 0 fully saturated rings. The summed E-state index contributed by atoms with van der Waals surface area (Å²) >= 11 is 6.81. The van der Waals surface area contributed by atoms with E-state index >= 15 is 0 Å². The van der Waals surface area contributed by atoms with Crippen molar-refractivity contribution in [2.24, 2.45) is 5.92 Å². The summed E-state index contributed by atoms with van der Waals surface area (Å²) in [5.41, 5.74) is 2.19. The van der Waals surface area contributed by atoms with Gasteiger partial charge in [-0.2, -0.15) is 0 Å². The third-order valence-corrected chi connectivity index (χ3v) is 4.89. The van der Waals surface area contributed by atoms with E-state index in [0.29, 0.717) is 11.3 Å². The molecule has 2 N–H and O–H groups in total. The number of anilines is 1. The Kier molecular flexibility index (Phi) is 6.79. The van der Waals surface area contributed by atoms with Gasteiger partial charge in [-0.25, -0.2) is 0 Å². The molecule has 25 heavy (non-hydrogen) atoms. The molecule has 2 amide bonds. The van der Waals surface area contributed by atoms with E-state index in [1.807, 2.05) is 51.1 Å². The number of carbonyl (C=O) groups is 2. The van der Waals surface area contributed by atoms with Gasteiger partial charge in [0.05, 0.1) is 5.69 Å². The quantitative estimate of drug-likeness (QED) is 0.656. The van der Waals surface area contributed by atoms with Crippen LogP contribution in [0.1, 0.15) is 29.8 Å². The molecule has 6 heteroatoms. The van der Waals surface area contributed by atoms with E-state index < -0.39 is 6.04 Å². The zero-order valence-corrected chi connectivity index (χ0v) is 17.4. The highest BCUT2D eigenvalue weighted by Gasteiger charge is 2.25. The number of nitrogens with one attached hydrogen (secondary N) is 2. The van der Waals surface area contributed by atoms with Gasteiger partial charge in [0.2, 0.25) is 5.91 Å². The molecule has 0 heterocycles. The van der Waals surface area contributed by atoms with E-state index in [1.165, 1.54) is 0 Å². The van der Waals surface area contributed by atoms with Gasteiger partial charge < -0.3 is 10.6 Å². The van der Waals surface area contributed by atoms with Crippen LogP contribution in [-0.4, -0.2) is 17.9 Å². The average molecular weight is 468 g/mol. The summed E-state index contributed by atoms with van der Waals surface area (Å²) in [5, 5.41) is 5.71. The Hall–Kier alpha value is -1.66. The Morgan fingerprint density at radius 2 is 1.76 bits per heavy atom. The van der Waals surface area contributed by atoms with Gasteiger partial charge in [-0.15, -0.1) is 0 Å². The van der Waals surface area contributed by atoms with Gasteiger partial charge in [0.25, 0.3) is 5.91 Å². The first-order chi connectivity index (χ1) is 11.8. The number of hydrogen-bond acceptors (Lipinski definition) is 2. The van der Waals surface area contributed by atoms with Gasteiger partial charge in [-0.05, 0) is 59.1 Å². The molecule has 2 aromatic rings. The fraction of sp³-hybridized carbons (Fsp3) is 0.263. The number of hydrogen-bond donors (Lipinski definition) is 2. The van der Waals surface area contributed by atoms with Crippen LogP contribution in [0.25, 0.3) is 0 Å². The predicted octanol–water partition coefficient (Wildman–Crippen LogP) is 4.91. The second-order valence-electron chi connectivity index (χ2n) is 6.18. The van der Waals surface area contributed by atoms with E-state index in [0.717, 1.165) is 14.5 Å². The minimum atomic E-state index is -0.640. The monoisotopic (exact) mass is 466 g/mol. The molecule has 0 aliphatic carbocycles. The van der Waals surface area contributed by atoms with E-state index in [9.17, 15) is 9.59 Å². The Labute approximate surface area is 164 Å². The van der Waals surface area contributed by atoms with Crippen molar-refractivity contribution in [2.45, 2.75) is 26.8 Å². The van der Waals surface area contributed by atoms with Gasteiger partial charge in [0.1, 0.15) is 6.04 Å². The zero-order chi connectivity index (χ0) is 18.6. The van der Waals surface area contributed by atoms with Crippen molar-refractivity contribution in [1.82, 2.24) is 5.32 Å². The molecule has 0 aliphatic rings. The van der Waals surface area contributed by atoms with Crippen molar-refractivity contribution in [3.05, 3.63) is 62.5 Å². The van der Waals surface area contributed by atoms with Crippen molar-refractivity contribution in [3.63, 3.8) is 0 Å². The smallest absolute Gasteiger partial charge is 0.251 e. The molecule has 0 spiro atoms. The van der Waals surface area contributed by atoms with Crippen LogP contribution in [0.2, 0.25) is 0 Å². The molecule has 132 valence electrons. The minimum Gasteiger partial charge on any atom is -0.340 e. The Morgan fingerprint density at radius 1 is 1.04 bits per heavy atom. The van der Waals surface area contributed by atoms with E-state index in [4.69, 9.17) is 0 Å². The largest absolute Gasteiger partial charge is 0.340 e. The first-order valence-electron chi connectivity index (χ1n) is 7.91. The second-order valence-corrected chi connectivity index (χ2v) is 7.95. The van der Waals surface area contributed by atoms with Gasteiger partial charge in [0, 0.05) is 14.5 Å². The molecule has 0 saturated heterocycles. The molecule has 0 radical (unpaired) electrons. The standard InChI is InChI=1S/C19H20Br2N2O2/c1-11(2)17(23-18(24)13-6-4-5-12(3)9-13)19(25)22-16-10-14(20)7-8-15(16)21/h4-11,17H,1-3H3,(H,22,25)(H,23,24). The fourth-order valence-corrected chi connectivity index (χ4v) is 3.06. The number of benzene rings is 2. The van der Waals surface area contributed by atoms with Crippen LogP contribution >= 0.6 is 31.9 Å². The summed E-state index contributed by atoms with van der Waals surface area (Å²) < 4.78 is 1.63. The Bertz CT molecular complexity index is 791. The van der Waals surface area contributed by atoms with Crippen LogP contribution in [0.5, 0.6) is 0 Å². The van der Waals surface area contributed by atoms with E-state index in [1.54, 1.807) is 12.1 Å². The molecular formula is C19H20Br2N2O2. The first-order valence-corrected chi connectivity index (χ1v) is 9.50. The van der Waals surface area contributed by atoms with E-state index in [2.05, 4.69) is 42.5 Å². The second kappa shape index (κ2) is 8.63. The minimum absolute atomic E-state index is 0.0558. The van der Waals surface area contributed by atoms with Gasteiger partial charge in [0.15, 0.2) is 0 Å². The van der Waals surface area contributed by atoms with Crippen LogP contribution < -0.4 is 10.6 Å². The molecule has 1 atom stereocenters. The summed E-state index contributed by atoms with van der Waals surface area (Å²) in [6.45, 7) is 5.72. The fourth-order valence-electron chi connectivity index (χ4n) is 2.35. The lowest BCUT2D eigenvalue weighted by Crippen LogP contribution is -2.47. The Balaban J connectivity index is 2.15. The lowest BCUT2D eigenvalue weighted by atomic mass is 10.0. The van der Waals surface area contributed by atoms with Crippen LogP contribution in [0.3, 0.4) is 0 Å². The van der Waals surface area contributed by atoms with Crippen LogP contribution in [0.4, 0.5) is 5.69 Å². The van der Waals surface area contributed by atoms with Crippen molar-refractivity contribution < 1.29 is 9.59 Å². The van der Waals surface area contributed by atoms with E-state index in [-0.39, 0.29) is 17.7 Å². The van der Waals surface area contributed by atoms with Crippen LogP contribution in [0, 0.1) is 12.8 Å². The Morgan fingerprint density at radius 3 is 2.40 bits per heavy atom. The summed E-state index contributed by atoms with van der Waals surface area (Å²) in [6, 6.07) is 12.2. The maximum Gasteiger partial charge on any atom is 0.251 e. The van der Waals surface area contributed by atoms with Gasteiger partial charge >= 0.3 is 0 Å². The van der Waals surface area contributed by atoms with Gasteiger partial charge in [-0.3, -0.25) is 9.59 Å². The molecular weight excluding hydrogens is 448 g/mol. The van der Waals surface area contributed by atoms with Crippen LogP contribution in [0.15, 0.2) is 51.4 Å². The third-order valence-electron chi connectivity index (χ3n) is 3.70. The molecule has 1 unspecified atom stereocenters. The highest BCUT2D eigenvalue weighted by Crippen LogP contribution is 2.26. The van der Waals surface area contributed by atoms with Gasteiger partial charge in [-0.1, -0.05) is 47.5 Å². The maximum atomic E-state index is 12.7. The average Bonchev–Trinajstić information content (AvgIpc) is 2.55. The van der Waals surface area contributed by atoms with Crippen molar-refractivity contribution >= 4 is 49.4 Å². The zero-order valence-electron chi connectivity index (χ0n) is 14.3. The third kappa shape index (κ3) is 5.41. The number of rotatable bonds is 5. The predicted molar refractivity (Wildman–Crippen MR) is 108 cm³/mol. The molecule has 0 bridgehead atoms. The maximum absolute atomic E-state index is 12.7. The molecule has 4 nitrogen and oxygen atoms in total. The normalized spacial score (nSPS) is 11.9. The molecule has 2 rings (SSSR count). The summed E-state index contributed by atoms with van der Waals surface area (Å²) in [7, 11) is 0. The molecule has 0 aromatic heterocycles. The number of carbonyl (C=O) groups excluding carboxylic acids is 2. The lowest BCUT2D eigenvalue weighted by Gasteiger charge is -2.22. The highest BCUT2D eigenvalue weighted by molar-refractivity contribution is 9.11. The number of halogens is 2. The molecule has 0 aliphatic heterocycles. The summed E-state index contributed by atoms with van der Waals surface area (Å²) in [5.74, 6) is -0.569.